The first-order valence-corrected chi connectivity index (χ1v) is 7.09. The van der Waals surface area contributed by atoms with Crippen molar-refractivity contribution in [3.8, 4) is 0 Å². The molecule has 1 atom stereocenters. The topological polar surface area (TPSA) is 32.3 Å². The molecule has 1 aliphatic rings. The Morgan fingerprint density at radius 3 is 2.65 bits per heavy atom. The Balaban J connectivity index is 1.99. The van der Waals surface area contributed by atoms with E-state index in [4.69, 9.17) is 0 Å². The van der Waals surface area contributed by atoms with Gasteiger partial charge in [0.15, 0.2) is 0 Å². The maximum absolute atomic E-state index is 9.32. The van der Waals surface area contributed by atoms with Gasteiger partial charge in [0, 0.05) is 29.1 Å². The van der Waals surface area contributed by atoms with Gasteiger partial charge < -0.3 is 10.4 Å². The third kappa shape index (κ3) is 3.09. The van der Waals surface area contributed by atoms with Gasteiger partial charge in [0.2, 0.25) is 0 Å². The predicted octanol–water partition coefficient (Wildman–Crippen LogP) is 3.26. The Kier molecular flexibility index (Phi) is 4.23. The standard InChI is InChI=1S/C14H20BrNO/c1-2-13(11-5-3-4-6-12(11)15)16-9-14(10-17)7-8-14/h3-6,13,16-17H,2,7-10H2,1H3. The number of rotatable bonds is 6. The van der Waals surface area contributed by atoms with Crippen LogP contribution >= 0.6 is 15.9 Å². The van der Waals surface area contributed by atoms with Gasteiger partial charge in [-0.15, -0.1) is 0 Å². The summed E-state index contributed by atoms with van der Waals surface area (Å²) >= 11 is 3.60. The summed E-state index contributed by atoms with van der Waals surface area (Å²) in [6.45, 7) is 3.42. The third-order valence-electron chi connectivity index (χ3n) is 3.70. The van der Waals surface area contributed by atoms with E-state index in [1.807, 2.05) is 6.07 Å². The van der Waals surface area contributed by atoms with Crippen LogP contribution in [0.25, 0.3) is 0 Å². The molecule has 0 aliphatic heterocycles. The van der Waals surface area contributed by atoms with E-state index in [9.17, 15) is 5.11 Å². The monoisotopic (exact) mass is 297 g/mol. The smallest absolute Gasteiger partial charge is 0.0499 e. The minimum absolute atomic E-state index is 0.175. The van der Waals surface area contributed by atoms with E-state index in [2.05, 4.69) is 46.4 Å². The molecule has 0 radical (unpaired) electrons. The van der Waals surface area contributed by atoms with Crippen LogP contribution in [0.3, 0.4) is 0 Å². The fraction of sp³-hybridized carbons (Fsp3) is 0.571. The summed E-state index contributed by atoms with van der Waals surface area (Å²) in [5, 5.41) is 12.9. The maximum Gasteiger partial charge on any atom is 0.0499 e. The van der Waals surface area contributed by atoms with Crippen LogP contribution in [0.15, 0.2) is 28.7 Å². The molecule has 0 bridgehead atoms. The van der Waals surface area contributed by atoms with E-state index in [0.717, 1.165) is 30.3 Å². The summed E-state index contributed by atoms with van der Waals surface area (Å²) in [7, 11) is 0. The van der Waals surface area contributed by atoms with Gasteiger partial charge in [0.25, 0.3) is 0 Å². The Hall–Kier alpha value is -0.380. The molecular formula is C14H20BrNO. The van der Waals surface area contributed by atoms with E-state index in [0.29, 0.717) is 12.6 Å². The van der Waals surface area contributed by atoms with E-state index in [-0.39, 0.29) is 5.41 Å². The summed E-state index contributed by atoms with van der Waals surface area (Å²) in [6, 6.07) is 8.72. The lowest BCUT2D eigenvalue weighted by atomic mass is 10.0. The quantitative estimate of drug-likeness (QED) is 0.845. The van der Waals surface area contributed by atoms with Crippen molar-refractivity contribution in [2.24, 2.45) is 5.41 Å². The molecule has 2 nitrogen and oxygen atoms in total. The molecule has 0 spiro atoms. The van der Waals surface area contributed by atoms with Crippen LogP contribution in [0, 0.1) is 5.41 Å². The molecule has 1 aromatic rings. The van der Waals surface area contributed by atoms with Gasteiger partial charge in [-0.1, -0.05) is 41.1 Å². The van der Waals surface area contributed by atoms with Crippen molar-refractivity contribution in [2.45, 2.75) is 32.2 Å². The molecular weight excluding hydrogens is 278 g/mol. The lowest BCUT2D eigenvalue weighted by Gasteiger charge is -2.22. The van der Waals surface area contributed by atoms with Crippen LogP contribution in [-0.2, 0) is 0 Å². The van der Waals surface area contributed by atoms with Crippen LogP contribution in [-0.4, -0.2) is 18.3 Å². The number of benzene rings is 1. The van der Waals surface area contributed by atoms with Crippen LogP contribution in [0.2, 0.25) is 0 Å². The number of aliphatic hydroxyl groups excluding tert-OH is 1. The Bertz CT molecular complexity index is 376. The van der Waals surface area contributed by atoms with Crippen molar-refractivity contribution in [3.05, 3.63) is 34.3 Å². The molecule has 94 valence electrons. The van der Waals surface area contributed by atoms with Gasteiger partial charge >= 0.3 is 0 Å². The molecule has 0 amide bonds. The second kappa shape index (κ2) is 5.51. The molecule has 1 unspecified atom stereocenters. The van der Waals surface area contributed by atoms with Crippen LogP contribution in [0.4, 0.5) is 0 Å². The highest BCUT2D eigenvalue weighted by Crippen LogP contribution is 2.44. The fourth-order valence-electron chi connectivity index (χ4n) is 2.14. The summed E-state index contributed by atoms with van der Waals surface area (Å²) in [6.07, 6.45) is 3.37. The highest BCUT2D eigenvalue weighted by molar-refractivity contribution is 9.10. The van der Waals surface area contributed by atoms with Crippen molar-refractivity contribution in [1.82, 2.24) is 5.32 Å². The van der Waals surface area contributed by atoms with E-state index in [1.165, 1.54) is 5.56 Å². The van der Waals surface area contributed by atoms with Gasteiger partial charge in [0.1, 0.15) is 0 Å². The van der Waals surface area contributed by atoms with Crippen molar-refractivity contribution < 1.29 is 5.11 Å². The second-order valence-electron chi connectivity index (χ2n) is 5.02. The number of nitrogens with one attached hydrogen (secondary N) is 1. The SMILES string of the molecule is CCC(NCC1(CO)CC1)c1ccccc1Br. The maximum atomic E-state index is 9.32. The van der Waals surface area contributed by atoms with Crippen molar-refractivity contribution in [2.75, 3.05) is 13.2 Å². The first-order chi connectivity index (χ1) is 8.21. The van der Waals surface area contributed by atoms with Gasteiger partial charge in [0.05, 0.1) is 0 Å². The molecule has 1 aromatic carbocycles. The van der Waals surface area contributed by atoms with Gasteiger partial charge in [-0.2, -0.15) is 0 Å². The zero-order valence-electron chi connectivity index (χ0n) is 10.2. The van der Waals surface area contributed by atoms with Crippen LogP contribution < -0.4 is 5.32 Å². The Morgan fingerprint density at radius 2 is 2.12 bits per heavy atom. The normalized spacial score (nSPS) is 19.0. The molecule has 1 saturated carbocycles. The molecule has 2 rings (SSSR count). The molecule has 0 saturated heterocycles. The Labute approximate surface area is 112 Å². The van der Waals surface area contributed by atoms with Crippen molar-refractivity contribution >= 4 is 15.9 Å². The molecule has 17 heavy (non-hydrogen) atoms. The van der Waals surface area contributed by atoms with Crippen LogP contribution in [0.5, 0.6) is 0 Å². The van der Waals surface area contributed by atoms with Gasteiger partial charge in [-0.3, -0.25) is 0 Å². The molecule has 3 heteroatoms. The minimum Gasteiger partial charge on any atom is -0.396 e. The van der Waals surface area contributed by atoms with Crippen molar-refractivity contribution in [3.63, 3.8) is 0 Å². The molecule has 2 N–H and O–H groups in total. The summed E-state index contributed by atoms with van der Waals surface area (Å²) in [5.41, 5.74) is 1.48. The predicted molar refractivity (Wildman–Crippen MR) is 73.9 cm³/mol. The lowest BCUT2D eigenvalue weighted by Crippen LogP contribution is -2.30. The Morgan fingerprint density at radius 1 is 1.41 bits per heavy atom. The number of hydrogen-bond donors (Lipinski definition) is 2. The molecule has 1 fully saturated rings. The largest absolute Gasteiger partial charge is 0.396 e. The van der Waals surface area contributed by atoms with Gasteiger partial charge in [-0.05, 0) is 30.9 Å². The number of halogens is 1. The molecule has 1 aliphatic carbocycles. The molecule has 0 aromatic heterocycles. The minimum atomic E-state index is 0.175. The lowest BCUT2D eigenvalue weighted by molar-refractivity contribution is 0.203. The molecule has 0 heterocycles. The average Bonchev–Trinajstić information content (AvgIpc) is 3.13. The average molecular weight is 298 g/mol. The number of hydrogen-bond acceptors (Lipinski definition) is 2. The van der Waals surface area contributed by atoms with E-state index >= 15 is 0 Å². The summed E-state index contributed by atoms with van der Waals surface area (Å²) < 4.78 is 1.16. The fourth-order valence-corrected chi connectivity index (χ4v) is 2.70. The first-order valence-electron chi connectivity index (χ1n) is 6.29. The van der Waals surface area contributed by atoms with Gasteiger partial charge in [-0.25, -0.2) is 0 Å². The summed E-state index contributed by atoms with van der Waals surface area (Å²) in [5.74, 6) is 0. The first kappa shape index (κ1) is 13.1. The zero-order valence-corrected chi connectivity index (χ0v) is 11.8. The van der Waals surface area contributed by atoms with E-state index < -0.39 is 0 Å². The van der Waals surface area contributed by atoms with Crippen molar-refractivity contribution in [1.29, 1.82) is 0 Å². The highest BCUT2D eigenvalue weighted by atomic mass is 79.9. The van der Waals surface area contributed by atoms with Crippen LogP contribution in [0.1, 0.15) is 37.8 Å². The zero-order chi connectivity index (χ0) is 12.3. The highest BCUT2D eigenvalue weighted by Gasteiger charge is 2.41. The third-order valence-corrected chi connectivity index (χ3v) is 4.43. The van der Waals surface area contributed by atoms with E-state index in [1.54, 1.807) is 0 Å². The summed E-state index contributed by atoms with van der Waals surface area (Å²) in [4.78, 5) is 0. The second-order valence-corrected chi connectivity index (χ2v) is 5.88. The number of aliphatic hydroxyl groups is 1.